The smallest absolute Gasteiger partial charge is 0.330 e. The quantitative estimate of drug-likeness (QED) is 0.449. The highest BCUT2D eigenvalue weighted by atomic mass is 16.5. The average Bonchev–Trinajstić information content (AvgIpc) is 3.44. The predicted octanol–water partition coefficient (Wildman–Crippen LogP) is 0.158. The fourth-order valence-corrected chi connectivity index (χ4v) is 6.03. The van der Waals surface area contributed by atoms with Crippen molar-refractivity contribution < 1.29 is 29.0 Å². The van der Waals surface area contributed by atoms with Crippen molar-refractivity contribution in [3.63, 3.8) is 0 Å². The van der Waals surface area contributed by atoms with Crippen LogP contribution in [0, 0.1) is 0 Å². The van der Waals surface area contributed by atoms with Gasteiger partial charge in [0, 0.05) is 43.4 Å². The molecule has 0 radical (unpaired) electrons. The van der Waals surface area contributed by atoms with Crippen LogP contribution in [0.4, 0.5) is 10.5 Å². The highest BCUT2D eigenvalue weighted by Gasteiger charge is 2.66. The Morgan fingerprint density at radius 1 is 1.17 bits per heavy atom. The van der Waals surface area contributed by atoms with Crippen molar-refractivity contribution in [1.82, 2.24) is 19.3 Å². The van der Waals surface area contributed by atoms with E-state index in [1.165, 1.54) is 20.2 Å². The number of carbonyl (C=O) groups excluding carboxylic acids is 4. The number of nitrogens with two attached hydrogens (primary N) is 1. The lowest BCUT2D eigenvalue weighted by molar-refractivity contribution is -0.271. The molecule has 1 fully saturated rings. The summed E-state index contributed by atoms with van der Waals surface area (Å²) in [6.07, 6.45) is 2.43. The summed E-state index contributed by atoms with van der Waals surface area (Å²) in [5.41, 5.74) is 5.58. The van der Waals surface area contributed by atoms with Crippen molar-refractivity contribution in [2.75, 3.05) is 41.3 Å². The molecule has 3 amide bonds. The number of rotatable bonds is 2. The minimum absolute atomic E-state index is 0.0611. The van der Waals surface area contributed by atoms with E-state index in [-0.39, 0.29) is 40.3 Å². The van der Waals surface area contributed by atoms with Crippen LogP contribution >= 0.6 is 0 Å². The third kappa shape index (κ3) is 2.39. The van der Waals surface area contributed by atoms with Crippen molar-refractivity contribution in [2.45, 2.75) is 18.6 Å². The van der Waals surface area contributed by atoms with Gasteiger partial charge in [0.2, 0.25) is 5.78 Å². The summed E-state index contributed by atoms with van der Waals surface area (Å²) in [4.78, 5) is 59.6. The molecule has 4 aliphatic rings. The summed E-state index contributed by atoms with van der Waals surface area (Å²) in [6, 6.07) is 0.740. The zero-order chi connectivity index (χ0) is 25.9. The first-order valence-electron chi connectivity index (χ1n) is 11.7. The van der Waals surface area contributed by atoms with Crippen molar-refractivity contribution in [3.8, 4) is 11.5 Å². The van der Waals surface area contributed by atoms with E-state index in [1.807, 2.05) is 14.1 Å². The average molecular weight is 492 g/mol. The zero-order valence-corrected chi connectivity index (χ0v) is 20.4. The van der Waals surface area contributed by atoms with Gasteiger partial charge in [0.15, 0.2) is 5.78 Å². The van der Waals surface area contributed by atoms with E-state index in [1.54, 1.807) is 6.20 Å². The number of likely N-dealkylation sites (N-methyl/N-ethyl adjacent to an activating group) is 3. The first-order chi connectivity index (χ1) is 17.0. The summed E-state index contributed by atoms with van der Waals surface area (Å²) in [7, 11) is 6.50. The largest absolute Gasteiger partial charge is 0.870 e. The summed E-state index contributed by atoms with van der Waals surface area (Å²) in [5, 5.41) is 13.4. The highest BCUT2D eigenvalue weighted by molar-refractivity contribution is 6.43. The van der Waals surface area contributed by atoms with Crippen molar-refractivity contribution in [1.29, 1.82) is 0 Å². The van der Waals surface area contributed by atoms with E-state index in [2.05, 4.69) is 4.98 Å². The Labute approximate surface area is 206 Å². The van der Waals surface area contributed by atoms with Crippen molar-refractivity contribution in [3.05, 3.63) is 45.8 Å². The standard InChI is InChI=1S/C25H25N5O6/c1-28-23(34)25(29(2)24(28)35)18-17(21(33)19-15(20(18)32)11(5-7-26)10-27-19)16-12-6-8-30(3,4)13(12)9-14(31)22(16)36-25/h9-10H,5-8,26H2,1-4H3,(H-,27,31,32,33)/t25-/m1/s1. The van der Waals surface area contributed by atoms with Crippen LogP contribution in [-0.4, -0.2) is 85.3 Å². The number of urea groups is 1. The molecule has 2 aromatic rings. The topological polar surface area (TPSA) is 149 Å². The van der Waals surface area contributed by atoms with Gasteiger partial charge in [-0.3, -0.25) is 28.7 Å². The molecule has 186 valence electrons. The van der Waals surface area contributed by atoms with E-state index in [9.17, 15) is 24.3 Å². The molecule has 0 bridgehead atoms. The van der Waals surface area contributed by atoms with Crippen molar-refractivity contribution in [2.24, 2.45) is 5.73 Å². The molecule has 1 aromatic carbocycles. The summed E-state index contributed by atoms with van der Waals surface area (Å²) in [5.74, 6) is -2.69. The van der Waals surface area contributed by atoms with Crippen LogP contribution in [0.25, 0.3) is 5.57 Å². The molecule has 11 nitrogen and oxygen atoms in total. The normalized spacial score (nSPS) is 23.8. The summed E-state index contributed by atoms with van der Waals surface area (Å²) >= 11 is 0. The second-order valence-electron chi connectivity index (χ2n) is 10.2. The Morgan fingerprint density at radius 2 is 1.89 bits per heavy atom. The number of Topliss-reactive ketones (excluding diaryl/α,β-unsaturated/α-hetero) is 2. The van der Waals surface area contributed by atoms with E-state index in [4.69, 9.17) is 10.5 Å². The molecule has 1 atom stereocenters. The molecular formula is C25H25N5O6. The first-order valence-corrected chi connectivity index (χ1v) is 11.7. The molecule has 3 aliphatic heterocycles. The number of aromatic amines is 1. The molecule has 1 aliphatic carbocycles. The van der Waals surface area contributed by atoms with Crippen LogP contribution in [0.5, 0.6) is 11.5 Å². The Kier molecular flexibility index (Phi) is 4.27. The molecule has 1 spiro atoms. The molecule has 11 heteroatoms. The Hall–Kier alpha value is -3.96. The monoisotopic (exact) mass is 491 g/mol. The number of nitrogens with one attached hydrogen (secondary N) is 1. The zero-order valence-electron chi connectivity index (χ0n) is 20.4. The number of imide groups is 1. The predicted molar refractivity (Wildman–Crippen MR) is 127 cm³/mol. The van der Waals surface area contributed by atoms with Crippen molar-refractivity contribution >= 4 is 34.8 Å². The van der Waals surface area contributed by atoms with E-state index < -0.39 is 35.0 Å². The van der Waals surface area contributed by atoms with Gasteiger partial charge in [0.25, 0.3) is 5.72 Å². The SMILES string of the molecule is CN1C(=O)N(C)[C@]2(Oc3c([O-])cc4c(c3C3=C2C(=O)c2c(CCN)c[nH]c2C3=O)CC[N+]4(C)C)C1=O. The number of hydrogen-bond donors (Lipinski definition) is 2. The third-order valence-electron chi connectivity index (χ3n) is 7.92. The number of benzene rings is 1. The van der Waals surface area contributed by atoms with E-state index in [0.29, 0.717) is 29.4 Å². The first kappa shape index (κ1) is 22.5. The fraction of sp³-hybridized carbons (Fsp3) is 0.360. The number of hydrogen-bond acceptors (Lipinski definition) is 7. The van der Waals surface area contributed by atoms with Crippen LogP contribution in [0.2, 0.25) is 0 Å². The molecule has 6 rings (SSSR count). The number of ketones is 2. The second kappa shape index (κ2) is 6.83. The number of carbonyl (C=O) groups is 4. The minimum atomic E-state index is -2.27. The van der Waals surface area contributed by atoms with Gasteiger partial charge in [-0.2, -0.15) is 0 Å². The number of quaternary nitrogens is 1. The summed E-state index contributed by atoms with van der Waals surface area (Å²) in [6.45, 7) is 0.915. The summed E-state index contributed by atoms with van der Waals surface area (Å²) < 4.78 is 6.60. The van der Waals surface area contributed by atoms with Gasteiger partial charge in [-0.05, 0) is 24.6 Å². The maximum absolute atomic E-state index is 14.2. The Bertz CT molecular complexity index is 1480. The second-order valence-corrected chi connectivity index (χ2v) is 10.2. The van der Waals surface area contributed by atoms with Crippen LogP contribution in [0.1, 0.15) is 37.5 Å². The molecule has 0 saturated carbocycles. The van der Waals surface area contributed by atoms with Gasteiger partial charge < -0.3 is 20.6 Å². The van der Waals surface area contributed by atoms with Crippen LogP contribution < -0.4 is 20.1 Å². The fourth-order valence-electron chi connectivity index (χ4n) is 6.03. The number of nitrogens with zero attached hydrogens (tertiary/aromatic N) is 3. The number of H-pyrrole nitrogens is 1. The number of allylic oxidation sites excluding steroid dienone is 1. The maximum Gasteiger partial charge on any atom is 0.330 e. The van der Waals surface area contributed by atoms with Gasteiger partial charge in [-0.1, -0.05) is 5.75 Å². The molecule has 1 saturated heterocycles. The lowest BCUT2D eigenvalue weighted by Crippen LogP contribution is -2.59. The Balaban J connectivity index is 1.75. The number of aromatic nitrogens is 1. The van der Waals surface area contributed by atoms with Crippen LogP contribution in [0.3, 0.4) is 0 Å². The lowest BCUT2D eigenvalue weighted by atomic mass is 9.75. The number of ether oxygens (including phenoxy) is 1. The van der Waals surface area contributed by atoms with Gasteiger partial charge in [-0.25, -0.2) is 4.79 Å². The van der Waals surface area contributed by atoms with Gasteiger partial charge in [0.1, 0.15) is 11.4 Å². The van der Waals surface area contributed by atoms with Crippen LogP contribution in [-0.2, 0) is 17.6 Å². The molecule has 4 heterocycles. The molecule has 36 heavy (non-hydrogen) atoms. The van der Waals surface area contributed by atoms with Gasteiger partial charge >= 0.3 is 11.9 Å². The van der Waals surface area contributed by atoms with Crippen LogP contribution in [0.15, 0.2) is 17.8 Å². The van der Waals surface area contributed by atoms with E-state index >= 15 is 0 Å². The number of fused-ring (bicyclic) bond motifs is 6. The molecular weight excluding hydrogens is 466 g/mol. The highest BCUT2D eigenvalue weighted by Crippen LogP contribution is 2.56. The molecule has 3 N–H and O–H groups in total. The third-order valence-corrected chi connectivity index (χ3v) is 7.92. The number of amides is 3. The molecule has 1 aromatic heterocycles. The lowest BCUT2D eigenvalue weighted by Gasteiger charge is -2.42. The van der Waals surface area contributed by atoms with Gasteiger partial charge in [0.05, 0.1) is 37.5 Å². The minimum Gasteiger partial charge on any atom is -0.870 e. The van der Waals surface area contributed by atoms with E-state index in [0.717, 1.165) is 21.1 Å². The Morgan fingerprint density at radius 3 is 2.53 bits per heavy atom. The van der Waals surface area contributed by atoms with Gasteiger partial charge in [-0.15, -0.1) is 0 Å². The maximum atomic E-state index is 14.2. The molecule has 0 unspecified atom stereocenters.